The molecule has 7 nitrogen and oxygen atoms in total. The summed E-state index contributed by atoms with van der Waals surface area (Å²) in [5.74, 6) is -1.63. The van der Waals surface area contributed by atoms with Crippen LogP contribution >= 0.6 is 0 Å². The number of nitrogens with zero attached hydrogens (tertiary/aromatic N) is 5. The number of likely N-dealkylation sites (tertiary alicyclic amines) is 1. The molecule has 2 aliphatic heterocycles. The molecule has 0 saturated carbocycles. The SMILES string of the molecule is Cc1cn2nc(C3CCCCN3C(=O)c3ccc(C)c(F)c3F)cc2nc1N1CC(C)C(O)C1. The van der Waals surface area contributed by atoms with Crippen LogP contribution in [0.3, 0.4) is 0 Å². The Balaban J connectivity index is 1.48. The van der Waals surface area contributed by atoms with Crippen molar-refractivity contribution in [2.45, 2.75) is 52.2 Å². The van der Waals surface area contributed by atoms with Crippen LogP contribution in [0.15, 0.2) is 24.4 Å². The molecule has 0 aliphatic carbocycles. The van der Waals surface area contributed by atoms with E-state index in [2.05, 4.69) is 4.90 Å². The summed E-state index contributed by atoms with van der Waals surface area (Å²) >= 11 is 0. The van der Waals surface area contributed by atoms with Crippen LogP contribution in [-0.2, 0) is 0 Å². The molecule has 0 spiro atoms. The molecule has 2 aromatic heterocycles. The number of rotatable bonds is 3. The fraction of sp³-hybridized carbons (Fsp3) is 0.480. The molecule has 0 bridgehead atoms. The van der Waals surface area contributed by atoms with Gasteiger partial charge in [0.1, 0.15) is 5.82 Å². The minimum Gasteiger partial charge on any atom is -0.391 e. The number of hydrogen-bond donors (Lipinski definition) is 1. The topological polar surface area (TPSA) is 74.0 Å². The van der Waals surface area contributed by atoms with Gasteiger partial charge in [0, 0.05) is 43.4 Å². The van der Waals surface area contributed by atoms with E-state index in [1.165, 1.54) is 19.1 Å². The zero-order valence-corrected chi connectivity index (χ0v) is 19.6. The first-order chi connectivity index (χ1) is 16.2. The fourth-order valence-corrected chi connectivity index (χ4v) is 5.07. The molecule has 2 saturated heterocycles. The van der Waals surface area contributed by atoms with E-state index in [-0.39, 0.29) is 29.2 Å². The lowest BCUT2D eigenvalue weighted by Gasteiger charge is -2.34. The quantitative estimate of drug-likeness (QED) is 0.632. The van der Waals surface area contributed by atoms with Gasteiger partial charge in [-0.05, 0) is 44.7 Å². The fourth-order valence-electron chi connectivity index (χ4n) is 5.07. The van der Waals surface area contributed by atoms with Crippen molar-refractivity contribution in [1.29, 1.82) is 0 Å². The van der Waals surface area contributed by atoms with E-state index in [4.69, 9.17) is 10.1 Å². The first-order valence-electron chi connectivity index (χ1n) is 11.8. The summed E-state index contributed by atoms with van der Waals surface area (Å²) in [6.45, 7) is 7.18. The number of aliphatic hydroxyl groups excluding tert-OH is 1. The standard InChI is InChI=1S/C25H29F2N5O2/c1-14-7-8-17(23(27)22(14)26)25(34)31-9-5-4-6-19(31)18-10-21-28-24(16(3)12-32(21)29-18)30-11-15(2)20(33)13-30/h7-8,10,12,15,19-20,33H,4-6,9,11,13H2,1-3H3. The number of fused-ring (bicyclic) bond motifs is 1. The molecule has 1 N–H and O–H groups in total. The Morgan fingerprint density at radius 2 is 1.91 bits per heavy atom. The van der Waals surface area contributed by atoms with Crippen molar-refractivity contribution >= 4 is 17.4 Å². The third-order valence-electron chi connectivity index (χ3n) is 7.11. The minimum absolute atomic E-state index is 0.168. The van der Waals surface area contributed by atoms with Gasteiger partial charge in [0.15, 0.2) is 17.3 Å². The number of aromatic nitrogens is 3. The molecule has 2 aliphatic rings. The predicted octanol–water partition coefficient (Wildman–Crippen LogP) is 3.81. The molecule has 4 heterocycles. The number of amides is 1. The lowest BCUT2D eigenvalue weighted by atomic mass is 9.98. The molecule has 1 aromatic carbocycles. The lowest BCUT2D eigenvalue weighted by molar-refractivity contribution is 0.0599. The molecule has 2 fully saturated rings. The molecular weight excluding hydrogens is 440 g/mol. The zero-order valence-electron chi connectivity index (χ0n) is 19.6. The van der Waals surface area contributed by atoms with Crippen LogP contribution in [0, 0.1) is 31.4 Å². The molecule has 3 unspecified atom stereocenters. The van der Waals surface area contributed by atoms with E-state index in [1.807, 2.05) is 26.1 Å². The van der Waals surface area contributed by atoms with Crippen LogP contribution in [0.1, 0.15) is 59.4 Å². The number of piperidine rings is 1. The highest BCUT2D eigenvalue weighted by molar-refractivity contribution is 5.95. The Kier molecular flexibility index (Phi) is 5.75. The number of halogens is 2. The summed E-state index contributed by atoms with van der Waals surface area (Å²) in [7, 11) is 0. The summed E-state index contributed by atoms with van der Waals surface area (Å²) in [6.07, 6.45) is 3.91. The van der Waals surface area contributed by atoms with Crippen molar-refractivity contribution in [3.8, 4) is 0 Å². The highest BCUT2D eigenvalue weighted by Gasteiger charge is 2.33. The molecule has 1 amide bonds. The monoisotopic (exact) mass is 469 g/mol. The third kappa shape index (κ3) is 3.81. The summed E-state index contributed by atoms with van der Waals surface area (Å²) in [5, 5.41) is 14.9. The molecule has 3 aromatic rings. The van der Waals surface area contributed by atoms with Crippen molar-refractivity contribution in [3.63, 3.8) is 0 Å². The normalized spacial score (nSPS) is 23.2. The van der Waals surface area contributed by atoms with Gasteiger partial charge < -0.3 is 14.9 Å². The number of anilines is 1. The van der Waals surface area contributed by atoms with Gasteiger partial charge in [-0.1, -0.05) is 13.0 Å². The van der Waals surface area contributed by atoms with Crippen molar-refractivity contribution in [3.05, 3.63) is 58.4 Å². The largest absolute Gasteiger partial charge is 0.391 e. The molecule has 5 rings (SSSR count). The number of hydrogen-bond acceptors (Lipinski definition) is 5. The van der Waals surface area contributed by atoms with Gasteiger partial charge in [-0.3, -0.25) is 4.79 Å². The predicted molar refractivity (Wildman–Crippen MR) is 124 cm³/mol. The maximum atomic E-state index is 14.6. The van der Waals surface area contributed by atoms with Gasteiger partial charge in [-0.15, -0.1) is 0 Å². The zero-order chi connectivity index (χ0) is 24.1. The second kappa shape index (κ2) is 8.61. The maximum Gasteiger partial charge on any atom is 0.257 e. The van der Waals surface area contributed by atoms with E-state index >= 15 is 0 Å². The number of benzene rings is 1. The van der Waals surface area contributed by atoms with Crippen LogP contribution < -0.4 is 4.90 Å². The Hall–Kier alpha value is -3.07. The number of β-amino-alcohol motifs (C(OH)–C–C–N with tert-alkyl or cyclic N) is 1. The van der Waals surface area contributed by atoms with Gasteiger partial charge in [0.2, 0.25) is 0 Å². The van der Waals surface area contributed by atoms with E-state index in [9.17, 15) is 18.7 Å². The van der Waals surface area contributed by atoms with Crippen LogP contribution in [0.25, 0.3) is 5.65 Å². The van der Waals surface area contributed by atoms with Crippen LogP contribution in [0.5, 0.6) is 0 Å². The van der Waals surface area contributed by atoms with Crippen molar-refractivity contribution in [2.24, 2.45) is 5.92 Å². The van der Waals surface area contributed by atoms with Crippen LogP contribution in [-0.4, -0.2) is 56.2 Å². The molecule has 34 heavy (non-hydrogen) atoms. The van der Waals surface area contributed by atoms with Crippen LogP contribution in [0.4, 0.5) is 14.6 Å². The number of aryl methyl sites for hydroxylation is 2. The molecule has 3 atom stereocenters. The molecule has 9 heteroatoms. The first kappa shape index (κ1) is 22.7. The average molecular weight is 470 g/mol. The van der Waals surface area contributed by atoms with Crippen LogP contribution in [0.2, 0.25) is 0 Å². The second-order valence-electron chi connectivity index (χ2n) is 9.64. The number of aliphatic hydroxyl groups is 1. The second-order valence-corrected chi connectivity index (χ2v) is 9.64. The number of carbonyl (C=O) groups excluding carboxylic acids is 1. The van der Waals surface area contributed by atoms with Crippen molar-refractivity contribution in [2.75, 3.05) is 24.5 Å². The summed E-state index contributed by atoms with van der Waals surface area (Å²) in [5.41, 5.74) is 2.19. The summed E-state index contributed by atoms with van der Waals surface area (Å²) in [6, 6.07) is 4.30. The van der Waals surface area contributed by atoms with Gasteiger partial charge in [-0.2, -0.15) is 5.10 Å². The maximum absolute atomic E-state index is 14.6. The van der Waals surface area contributed by atoms with Gasteiger partial charge in [-0.25, -0.2) is 18.3 Å². The Bertz CT molecular complexity index is 1250. The first-order valence-corrected chi connectivity index (χ1v) is 11.8. The average Bonchev–Trinajstić information content (AvgIpc) is 3.38. The van der Waals surface area contributed by atoms with Crippen molar-refractivity contribution < 1.29 is 18.7 Å². The van der Waals surface area contributed by atoms with Gasteiger partial charge >= 0.3 is 0 Å². The minimum atomic E-state index is -1.10. The highest BCUT2D eigenvalue weighted by Crippen LogP contribution is 2.33. The summed E-state index contributed by atoms with van der Waals surface area (Å²) < 4.78 is 30.4. The van der Waals surface area contributed by atoms with Gasteiger partial charge in [0.05, 0.1) is 23.4 Å². The van der Waals surface area contributed by atoms with Gasteiger partial charge in [0.25, 0.3) is 5.91 Å². The number of carbonyl (C=O) groups is 1. The Morgan fingerprint density at radius 1 is 1.12 bits per heavy atom. The summed E-state index contributed by atoms with van der Waals surface area (Å²) in [4.78, 5) is 21.8. The Morgan fingerprint density at radius 3 is 2.65 bits per heavy atom. The van der Waals surface area contributed by atoms with E-state index in [1.54, 1.807) is 9.42 Å². The highest BCUT2D eigenvalue weighted by atomic mass is 19.2. The Labute approximate surface area is 197 Å². The lowest BCUT2D eigenvalue weighted by Crippen LogP contribution is -2.39. The molecular formula is C25H29F2N5O2. The molecule has 0 radical (unpaired) electrons. The smallest absolute Gasteiger partial charge is 0.257 e. The van der Waals surface area contributed by atoms with E-state index in [0.29, 0.717) is 30.9 Å². The third-order valence-corrected chi connectivity index (χ3v) is 7.11. The van der Waals surface area contributed by atoms with E-state index in [0.717, 1.165) is 30.8 Å². The van der Waals surface area contributed by atoms with E-state index < -0.39 is 17.5 Å². The molecule has 180 valence electrons. The van der Waals surface area contributed by atoms with Crippen molar-refractivity contribution in [1.82, 2.24) is 19.5 Å².